The van der Waals surface area contributed by atoms with Crippen molar-refractivity contribution >= 4 is 21.5 Å². The Bertz CT molecular complexity index is 673. The summed E-state index contributed by atoms with van der Waals surface area (Å²) in [6, 6.07) is 4.30. The van der Waals surface area contributed by atoms with E-state index in [1.165, 1.54) is 25.1 Å². The Labute approximate surface area is 122 Å². The lowest BCUT2D eigenvalue weighted by Crippen LogP contribution is -2.56. The third-order valence-corrected chi connectivity index (χ3v) is 5.27. The van der Waals surface area contributed by atoms with E-state index in [0.717, 1.165) is 10.4 Å². The van der Waals surface area contributed by atoms with Gasteiger partial charge in [0, 0.05) is 25.7 Å². The van der Waals surface area contributed by atoms with Crippen LogP contribution in [-0.4, -0.2) is 49.1 Å². The van der Waals surface area contributed by atoms with E-state index in [-0.39, 0.29) is 23.8 Å². The molecule has 1 aliphatic rings. The summed E-state index contributed by atoms with van der Waals surface area (Å²) < 4.78 is 26.4. The lowest BCUT2D eigenvalue weighted by atomic mass is 10.2. The highest BCUT2D eigenvalue weighted by Crippen LogP contribution is 2.27. The number of carbonyl (C=O) groups is 1. The fourth-order valence-electron chi connectivity index (χ4n) is 2.27. The predicted octanol–water partition coefficient (Wildman–Crippen LogP) is 0.146. The molecule has 1 atom stereocenters. The molecule has 114 valence electrons. The second-order valence-electron chi connectivity index (χ2n) is 4.67. The van der Waals surface area contributed by atoms with Gasteiger partial charge in [-0.05, 0) is 13.0 Å². The van der Waals surface area contributed by atoms with Crippen LogP contribution in [0.5, 0.6) is 0 Å². The van der Waals surface area contributed by atoms with Gasteiger partial charge in [0.05, 0.1) is 11.0 Å². The number of benzene rings is 1. The molecule has 9 heteroatoms. The summed E-state index contributed by atoms with van der Waals surface area (Å²) >= 11 is 0. The zero-order chi connectivity index (χ0) is 15.6. The number of rotatable bonds is 4. The predicted molar refractivity (Wildman–Crippen MR) is 74.3 cm³/mol. The molecule has 1 unspecified atom stereocenters. The fourth-order valence-corrected chi connectivity index (χ4v) is 4.07. The van der Waals surface area contributed by atoms with Gasteiger partial charge in [-0.2, -0.15) is 4.31 Å². The molecule has 1 N–H and O–H groups in total. The molecular formula is C12H15N3O5S. The number of nitro benzene ring substituents is 1. The van der Waals surface area contributed by atoms with Gasteiger partial charge in [-0.25, -0.2) is 8.42 Å². The van der Waals surface area contributed by atoms with E-state index in [9.17, 15) is 23.3 Å². The van der Waals surface area contributed by atoms with Crippen molar-refractivity contribution < 1.29 is 18.1 Å². The highest BCUT2D eigenvalue weighted by molar-refractivity contribution is 7.89. The molecule has 0 bridgehead atoms. The third-order valence-electron chi connectivity index (χ3n) is 3.31. The first-order valence-corrected chi connectivity index (χ1v) is 7.76. The van der Waals surface area contributed by atoms with Crippen molar-refractivity contribution in [2.24, 2.45) is 0 Å². The second-order valence-corrected chi connectivity index (χ2v) is 6.53. The molecule has 0 radical (unpaired) electrons. The van der Waals surface area contributed by atoms with Crippen LogP contribution in [0.3, 0.4) is 0 Å². The Balaban J connectivity index is 2.51. The number of ketones is 1. The number of nitrogens with zero attached hydrogens (tertiary/aromatic N) is 2. The zero-order valence-electron chi connectivity index (χ0n) is 11.4. The number of hydrogen-bond acceptors (Lipinski definition) is 6. The van der Waals surface area contributed by atoms with E-state index in [4.69, 9.17) is 0 Å². The number of piperazine rings is 1. The number of para-hydroxylation sites is 1. The molecule has 8 nitrogen and oxygen atoms in total. The van der Waals surface area contributed by atoms with Crippen LogP contribution in [0.25, 0.3) is 0 Å². The average Bonchev–Trinajstić information content (AvgIpc) is 2.47. The summed E-state index contributed by atoms with van der Waals surface area (Å²) in [4.78, 5) is 21.5. The number of hydrogen-bond donors (Lipinski definition) is 1. The van der Waals surface area contributed by atoms with Crippen LogP contribution in [0.15, 0.2) is 29.2 Å². The van der Waals surface area contributed by atoms with Gasteiger partial charge in [-0.1, -0.05) is 12.1 Å². The number of nitro groups is 1. The second kappa shape index (κ2) is 5.88. The minimum Gasteiger partial charge on any atom is -0.313 e. The van der Waals surface area contributed by atoms with Crippen LogP contribution in [-0.2, 0) is 14.8 Å². The Hall–Kier alpha value is -1.84. The molecule has 0 spiro atoms. The highest BCUT2D eigenvalue weighted by Gasteiger charge is 2.38. The Morgan fingerprint density at radius 2 is 2.10 bits per heavy atom. The molecule has 0 aliphatic carbocycles. The van der Waals surface area contributed by atoms with Crippen LogP contribution < -0.4 is 5.32 Å². The monoisotopic (exact) mass is 313 g/mol. The van der Waals surface area contributed by atoms with E-state index < -0.39 is 26.7 Å². The zero-order valence-corrected chi connectivity index (χ0v) is 12.2. The molecular weight excluding hydrogens is 298 g/mol. The highest BCUT2D eigenvalue weighted by atomic mass is 32.2. The van der Waals surface area contributed by atoms with Crippen molar-refractivity contribution in [3.8, 4) is 0 Å². The molecule has 0 amide bonds. The molecule has 2 rings (SSSR count). The first-order chi connectivity index (χ1) is 9.85. The van der Waals surface area contributed by atoms with Crippen molar-refractivity contribution in [1.29, 1.82) is 0 Å². The van der Waals surface area contributed by atoms with Crippen molar-refractivity contribution in [2.75, 3.05) is 19.6 Å². The van der Waals surface area contributed by atoms with Gasteiger partial charge in [0.15, 0.2) is 4.90 Å². The van der Waals surface area contributed by atoms with Crippen molar-refractivity contribution in [1.82, 2.24) is 9.62 Å². The van der Waals surface area contributed by atoms with Gasteiger partial charge in [0.25, 0.3) is 15.7 Å². The summed E-state index contributed by atoms with van der Waals surface area (Å²) in [6.45, 7) is 2.00. The number of nitrogens with one attached hydrogen (secondary N) is 1. The van der Waals surface area contributed by atoms with E-state index in [1.807, 2.05) is 0 Å². The van der Waals surface area contributed by atoms with Crippen LogP contribution in [0.4, 0.5) is 5.69 Å². The lowest BCUT2D eigenvalue weighted by molar-refractivity contribution is -0.387. The topological polar surface area (TPSA) is 110 Å². The largest absolute Gasteiger partial charge is 0.313 e. The van der Waals surface area contributed by atoms with Crippen molar-refractivity contribution in [3.05, 3.63) is 34.4 Å². The van der Waals surface area contributed by atoms with E-state index in [2.05, 4.69) is 5.32 Å². The lowest BCUT2D eigenvalue weighted by Gasteiger charge is -2.33. The van der Waals surface area contributed by atoms with E-state index >= 15 is 0 Å². The van der Waals surface area contributed by atoms with E-state index in [0.29, 0.717) is 6.54 Å². The van der Waals surface area contributed by atoms with Gasteiger partial charge in [0.1, 0.15) is 5.78 Å². The minimum absolute atomic E-state index is 0.0959. The summed E-state index contributed by atoms with van der Waals surface area (Å²) in [5, 5.41) is 14.0. The molecule has 0 saturated carbocycles. The molecule has 1 aromatic rings. The van der Waals surface area contributed by atoms with Crippen LogP contribution in [0.1, 0.15) is 6.92 Å². The summed E-state index contributed by atoms with van der Waals surface area (Å²) in [5.41, 5.74) is -0.488. The minimum atomic E-state index is -4.10. The maximum absolute atomic E-state index is 12.7. The van der Waals surface area contributed by atoms with Crippen LogP contribution in [0, 0.1) is 10.1 Å². The molecule has 1 fully saturated rings. The molecule has 1 heterocycles. The van der Waals surface area contributed by atoms with Crippen molar-refractivity contribution in [3.63, 3.8) is 0 Å². The number of Topliss-reactive ketones (excluding diaryl/α,β-unsaturated/α-hetero) is 1. The molecule has 0 aromatic heterocycles. The first kappa shape index (κ1) is 15.5. The molecule has 1 aromatic carbocycles. The van der Waals surface area contributed by atoms with Gasteiger partial charge >= 0.3 is 0 Å². The maximum atomic E-state index is 12.7. The average molecular weight is 313 g/mol. The van der Waals surface area contributed by atoms with E-state index in [1.54, 1.807) is 0 Å². The third kappa shape index (κ3) is 2.94. The SMILES string of the molecule is CC(=O)C1CNCCN1S(=O)(=O)c1ccccc1[N+](=O)[O-]. The van der Waals surface area contributed by atoms with Gasteiger partial charge in [-0.15, -0.1) is 0 Å². The number of sulfonamides is 1. The van der Waals surface area contributed by atoms with Crippen LogP contribution >= 0.6 is 0 Å². The van der Waals surface area contributed by atoms with Gasteiger partial charge in [-0.3, -0.25) is 14.9 Å². The Kier molecular flexibility index (Phi) is 4.35. The van der Waals surface area contributed by atoms with Crippen LogP contribution in [0.2, 0.25) is 0 Å². The summed E-state index contributed by atoms with van der Waals surface area (Å²) in [7, 11) is -4.10. The fraction of sp³-hybridized carbons (Fsp3) is 0.417. The quantitative estimate of drug-likeness (QED) is 0.626. The van der Waals surface area contributed by atoms with Gasteiger partial charge < -0.3 is 5.32 Å². The first-order valence-electron chi connectivity index (χ1n) is 6.32. The molecule has 21 heavy (non-hydrogen) atoms. The maximum Gasteiger partial charge on any atom is 0.289 e. The standard InChI is InChI=1S/C12H15N3O5S/c1-9(16)11-8-13-6-7-14(11)21(19,20)12-5-3-2-4-10(12)15(17)18/h2-5,11,13H,6-8H2,1H3. The van der Waals surface area contributed by atoms with Gasteiger partial charge in [0.2, 0.25) is 0 Å². The smallest absolute Gasteiger partial charge is 0.289 e. The summed E-state index contributed by atoms with van der Waals surface area (Å²) in [5.74, 6) is -0.302. The molecule has 1 aliphatic heterocycles. The Morgan fingerprint density at radius 3 is 2.71 bits per heavy atom. The Morgan fingerprint density at radius 1 is 1.43 bits per heavy atom. The number of carbonyl (C=O) groups excluding carboxylic acids is 1. The normalized spacial score (nSPS) is 20.1. The summed E-state index contributed by atoms with van der Waals surface area (Å²) in [6.07, 6.45) is 0. The molecule has 1 saturated heterocycles. The van der Waals surface area contributed by atoms with Crippen molar-refractivity contribution in [2.45, 2.75) is 17.9 Å².